The largest absolute Gasteiger partial charge is 0.383 e. The Bertz CT molecular complexity index is 325. The van der Waals surface area contributed by atoms with Gasteiger partial charge in [0.25, 0.3) is 0 Å². The fraction of sp³-hybridized carbons (Fsp3) is 0.444. The molecular weight excluding hydrogens is 164 g/mol. The van der Waals surface area contributed by atoms with Crippen LogP contribution < -0.4 is 5.73 Å². The molecule has 4 nitrogen and oxygen atoms in total. The fourth-order valence-corrected chi connectivity index (χ4v) is 0.936. The molecule has 13 heavy (non-hydrogen) atoms. The van der Waals surface area contributed by atoms with Gasteiger partial charge in [-0.1, -0.05) is 20.8 Å². The van der Waals surface area contributed by atoms with Crippen molar-refractivity contribution in [2.75, 3.05) is 5.73 Å². The Morgan fingerprint density at radius 3 is 2.54 bits per heavy atom. The first-order chi connectivity index (χ1) is 5.93. The second kappa shape index (κ2) is 3.12. The molecule has 0 saturated heterocycles. The van der Waals surface area contributed by atoms with Gasteiger partial charge in [-0.25, -0.2) is 9.97 Å². The highest BCUT2D eigenvalue weighted by Crippen LogP contribution is 2.22. The Hall–Kier alpha value is -1.45. The van der Waals surface area contributed by atoms with Crippen LogP contribution in [0.3, 0.4) is 0 Å². The number of nitrogens with two attached hydrogens (primary N) is 1. The molecule has 1 aromatic heterocycles. The zero-order chi connectivity index (χ0) is 10.1. The van der Waals surface area contributed by atoms with Gasteiger partial charge in [0.2, 0.25) is 0 Å². The van der Waals surface area contributed by atoms with E-state index >= 15 is 0 Å². The normalized spacial score (nSPS) is 11.3. The van der Waals surface area contributed by atoms with Gasteiger partial charge >= 0.3 is 0 Å². The maximum absolute atomic E-state index is 7.86. The van der Waals surface area contributed by atoms with Crippen LogP contribution >= 0.6 is 0 Å². The summed E-state index contributed by atoms with van der Waals surface area (Å²) in [6, 6.07) is 0. The topological polar surface area (TPSA) is 75.7 Å². The summed E-state index contributed by atoms with van der Waals surface area (Å²) in [6.07, 6.45) is 2.96. The molecule has 0 fully saturated rings. The molecule has 0 saturated carbocycles. The molecular formula is C9H14N4. The van der Waals surface area contributed by atoms with Gasteiger partial charge in [0, 0.05) is 17.3 Å². The molecule has 0 spiro atoms. The van der Waals surface area contributed by atoms with Crippen LogP contribution in [-0.2, 0) is 0 Å². The third-order valence-corrected chi connectivity index (χ3v) is 1.76. The van der Waals surface area contributed by atoms with Crippen molar-refractivity contribution in [1.82, 2.24) is 9.97 Å². The number of hydrogen-bond acceptors (Lipinski definition) is 4. The summed E-state index contributed by atoms with van der Waals surface area (Å²) in [4.78, 5) is 7.69. The van der Waals surface area contributed by atoms with E-state index in [0.717, 1.165) is 0 Å². The van der Waals surface area contributed by atoms with Gasteiger partial charge in [-0.2, -0.15) is 0 Å². The van der Waals surface area contributed by atoms with Crippen molar-refractivity contribution in [3.63, 3.8) is 0 Å². The number of anilines is 1. The summed E-state index contributed by atoms with van der Waals surface area (Å²) in [5.74, 6) is 0.370. The maximum Gasteiger partial charge on any atom is 0.135 e. The number of aromatic nitrogens is 2. The van der Waals surface area contributed by atoms with E-state index in [1.54, 1.807) is 6.20 Å². The van der Waals surface area contributed by atoms with Crippen LogP contribution in [0.15, 0.2) is 12.5 Å². The third-order valence-electron chi connectivity index (χ3n) is 1.76. The summed E-state index contributed by atoms with van der Waals surface area (Å²) in [7, 11) is 0. The van der Waals surface area contributed by atoms with Gasteiger partial charge in [-0.3, -0.25) is 0 Å². The molecule has 70 valence electrons. The van der Waals surface area contributed by atoms with E-state index < -0.39 is 0 Å². The molecule has 0 aliphatic heterocycles. The van der Waals surface area contributed by atoms with Crippen LogP contribution in [0.25, 0.3) is 0 Å². The maximum atomic E-state index is 7.86. The van der Waals surface area contributed by atoms with Crippen molar-refractivity contribution >= 4 is 11.5 Å². The Morgan fingerprint density at radius 2 is 2.08 bits per heavy atom. The van der Waals surface area contributed by atoms with Gasteiger partial charge < -0.3 is 11.1 Å². The number of nitrogen functional groups attached to an aromatic ring is 1. The van der Waals surface area contributed by atoms with Crippen molar-refractivity contribution in [2.24, 2.45) is 5.41 Å². The van der Waals surface area contributed by atoms with E-state index in [9.17, 15) is 0 Å². The number of hydrogen-bond donors (Lipinski definition) is 2. The van der Waals surface area contributed by atoms with Gasteiger partial charge in [0.05, 0.1) is 5.56 Å². The SMILES string of the molecule is CC(C)(C)C(=N)c1cncnc1N. The van der Waals surface area contributed by atoms with Gasteiger partial charge in [0.1, 0.15) is 12.1 Å². The zero-order valence-corrected chi connectivity index (χ0v) is 8.13. The van der Waals surface area contributed by atoms with Crippen molar-refractivity contribution in [3.8, 4) is 0 Å². The first-order valence-electron chi connectivity index (χ1n) is 4.08. The molecule has 0 bridgehead atoms. The summed E-state index contributed by atoms with van der Waals surface area (Å²) in [5, 5.41) is 7.86. The second-order valence-electron chi connectivity index (χ2n) is 3.95. The molecule has 1 heterocycles. The lowest BCUT2D eigenvalue weighted by Crippen LogP contribution is -2.22. The standard InChI is InChI=1S/C9H14N4/c1-9(2,3)7(10)6-4-12-5-13-8(6)11/h4-5,10H,1-3H3,(H2,11,12,13). The second-order valence-corrected chi connectivity index (χ2v) is 3.95. The quantitative estimate of drug-likeness (QED) is 0.639. The molecule has 1 rings (SSSR count). The molecule has 0 unspecified atom stereocenters. The molecule has 1 aromatic rings. The first-order valence-corrected chi connectivity index (χ1v) is 4.08. The molecule has 0 radical (unpaired) electrons. The Kier molecular flexibility index (Phi) is 2.32. The van der Waals surface area contributed by atoms with Crippen molar-refractivity contribution in [3.05, 3.63) is 18.1 Å². The molecule has 0 aliphatic rings. The van der Waals surface area contributed by atoms with Gasteiger partial charge in [-0.05, 0) is 0 Å². The molecule has 4 heteroatoms. The lowest BCUT2D eigenvalue weighted by atomic mass is 9.86. The summed E-state index contributed by atoms with van der Waals surface area (Å²) >= 11 is 0. The van der Waals surface area contributed by atoms with Crippen LogP contribution in [0.5, 0.6) is 0 Å². The van der Waals surface area contributed by atoms with E-state index in [4.69, 9.17) is 11.1 Å². The minimum absolute atomic E-state index is 0.223. The molecule has 0 atom stereocenters. The van der Waals surface area contributed by atoms with Crippen molar-refractivity contribution < 1.29 is 0 Å². The minimum atomic E-state index is -0.223. The van der Waals surface area contributed by atoms with Crippen LogP contribution in [-0.4, -0.2) is 15.7 Å². The smallest absolute Gasteiger partial charge is 0.135 e. The van der Waals surface area contributed by atoms with E-state index in [1.165, 1.54) is 6.33 Å². The first kappa shape index (κ1) is 9.64. The van der Waals surface area contributed by atoms with E-state index in [2.05, 4.69) is 9.97 Å². The monoisotopic (exact) mass is 178 g/mol. The summed E-state index contributed by atoms with van der Waals surface area (Å²) in [5.41, 5.74) is 6.49. The molecule has 0 aliphatic carbocycles. The average Bonchev–Trinajstić information content (AvgIpc) is 2.02. The fourth-order valence-electron chi connectivity index (χ4n) is 0.936. The predicted molar refractivity (Wildman–Crippen MR) is 52.7 cm³/mol. The van der Waals surface area contributed by atoms with E-state index in [-0.39, 0.29) is 5.41 Å². The average molecular weight is 178 g/mol. The number of nitrogens with zero attached hydrogens (tertiary/aromatic N) is 2. The van der Waals surface area contributed by atoms with Crippen LogP contribution in [0.2, 0.25) is 0 Å². The highest BCUT2D eigenvalue weighted by atomic mass is 14.9. The number of nitrogens with one attached hydrogen (secondary N) is 1. The van der Waals surface area contributed by atoms with Crippen LogP contribution in [0, 0.1) is 10.8 Å². The Morgan fingerprint density at radius 1 is 1.46 bits per heavy atom. The van der Waals surface area contributed by atoms with Crippen molar-refractivity contribution in [2.45, 2.75) is 20.8 Å². The zero-order valence-electron chi connectivity index (χ0n) is 8.13. The lowest BCUT2D eigenvalue weighted by molar-refractivity contribution is 0.588. The van der Waals surface area contributed by atoms with Crippen LogP contribution in [0.4, 0.5) is 5.82 Å². The predicted octanol–water partition coefficient (Wildman–Crippen LogP) is 1.47. The molecule has 0 aromatic carbocycles. The summed E-state index contributed by atoms with van der Waals surface area (Å²) < 4.78 is 0. The molecule has 0 amide bonds. The molecule has 3 N–H and O–H groups in total. The van der Waals surface area contributed by atoms with E-state index in [0.29, 0.717) is 17.1 Å². The van der Waals surface area contributed by atoms with Crippen LogP contribution in [0.1, 0.15) is 26.3 Å². The van der Waals surface area contributed by atoms with Gasteiger partial charge in [0.15, 0.2) is 0 Å². The highest BCUT2D eigenvalue weighted by molar-refractivity contribution is 6.04. The number of rotatable bonds is 1. The minimum Gasteiger partial charge on any atom is -0.383 e. The lowest BCUT2D eigenvalue weighted by Gasteiger charge is -2.20. The Labute approximate surface area is 77.7 Å². The Balaban J connectivity index is 3.10. The van der Waals surface area contributed by atoms with Gasteiger partial charge in [-0.15, -0.1) is 0 Å². The third kappa shape index (κ3) is 2.02. The van der Waals surface area contributed by atoms with E-state index in [1.807, 2.05) is 20.8 Å². The van der Waals surface area contributed by atoms with Crippen molar-refractivity contribution in [1.29, 1.82) is 5.41 Å². The summed E-state index contributed by atoms with van der Waals surface area (Å²) in [6.45, 7) is 5.88. The highest BCUT2D eigenvalue weighted by Gasteiger charge is 2.21.